The summed E-state index contributed by atoms with van der Waals surface area (Å²) in [4.78, 5) is 4.44. The van der Waals surface area contributed by atoms with E-state index < -0.39 is 0 Å². The molecule has 3 rings (SSSR count). The highest BCUT2D eigenvalue weighted by Gasteiger charge is 2.24. The molecule has 1 aromatic heterocycles. The van der Waals surface area contributed by atoms with Crippen LogP contribution in [0.1, 0.15) is 30.0 Å². The fourth-order valence-corrected chi connectivity index (χ4v) is 3.08. The largest absolute Gasteiger partial charge is 0.493 e. The number of hydrogen-bond acceptors (Lipinski definition) is 3. The molecule has 1 aliphatic heterocycles. The van der Waals surface area contributed by atoms with E-state index in [0.717, 1.165) is 37.3 Å². The lowest BCUT2D eigenvalue weighted by Gasteiger charge is -2.29. The third-order valence-electron chi connectivity index (χ3n) is 4.24. The minimum Gasteiger partial charge on any atom is -0.493 e. The molecular weight excluding hydrogens is 260 g/mol. The van der Waals surface area contributed by atoms with Crippen molar-refractivity contribution in [3.05, 3.63) is 59.9 Å². The first-order valence-electron chi connectivity index (χ1n) is 7.65. The van der Waals surface area contributed by atoms with E-state index in [2.05, 4.69) is 40.6 Å². The van der Waals surface area contributed by atoms with Gasteiger partial charge >= 0.3 is 0 Å². The molecule has 0 aliphatic carbocycles. The topological polar surface area (TPSA) is 34.2 Å². The van der Waals surface area contributed by atoms with Crippen LogP contribution in [-0.4, -0.2) is 24.7 Å². The molecule has 21 heavy (non-hydrogen) atoms. The second-order valence-corrected chi connectivity index (χ2v) is 5.62. The predicted octanol–water partition coefficient (Wildman–Crippen LogP) is 3.17. The van der Waals surface area contributed by atoms with Crippen LogP contribution in [-0.2, 0) is 6.42 Å². The third kappa shape index (κ3) is 3.42. The molecule has 110 valence electrons. The molecule has 0 amide bonds. The summed E-state index contributed by atoms with van der Waals surface area (Å²) in [5.74, 6) is 1.62. The number of likely N-dealkylation sites (N-methyl/N-ethyl adjacent to an activating group) is 1. The maximum atomic E-state index is 5.75. The van der Waals surface area contributed by atoms with Crippen molar-refractivity contribution < 1.29 is 4.74 Å². The van der Waals surface area contributed by atoms with Gasteiger partial charge in [0.15, 0.2) is 0 Å². The molecular formula is C18H22N2O. The van der Waals surface area contributed by atoms with E-state index in [4.69, 9.17) is 4.74 Å². The number of hydrogen-bond donors (Lipinski definition) is 1. The molecule has 1 aliphatic rings. The van der Waals surface area contributed by atoms with Crippen molar-refractivity contribution >= 4 is 0 Å². The van der Waals surface area contributed by atoms with Gasteiger partial charge in [-0.15, -0.1) is 0 Å². The number of benzene rings is 1. The molecule has 0 saturated carbocycles. The van der Waals surface area contributed by atoms with Crippen LogP contribution in [0, 0.1) is 0 Å². The Kier molecular flexibility index (Phi) is 4.51. The van der Waals surface area contributed by atoms with Crippen molar-refractivity contribution in [3.8, 4) is 5.75 Å². The van der Waals surface area contributed by atoms with Crippen LogP contribution < -0.4 is 10.1 Å². The summed E-state index contributed by atoms with van der Waals surface area (Å²) in [6.45, 7) is 0.821. The Balaban J connectivity index is 1.70. The van der Waals surface area contributed by atoms with E-state index in [1.54, 1.807) is 0 Å². The van der Waals surface area contributed by atoms with Crippen molar-refractivity contribution in [2.75, 3.05) is 13.7 Å². The lowest BCUT2D eigenvalue weighted by molar-refractivity contribution is 0.255. The highest BCUT2D eigenvalue weighted by molar-refractivity contribution is 5.37. The molecule has 0 bridgehead atoms. The summed E-state index contributed by atoms with van der Waals surface area (Å²) in [5, 5.41) is 3.45. The minimum atomic E-state index is 0.441. The van der Waals surface area contributed by atoms with Crippen LogP contribution in [0.4, 0.5) is 0 Å². The Morgan fingerprint density at radius 3 is 2.90 bits per heavy atom. The number of aromatic nitrogens is 1. The van der Waals surface area contributed by atoms with Gasteiger partial charge in [0.1, 0.15) is 5.75 Å². The lowest BCUT2D eigenvalue weighted by Crippen LogP contribution is -2.31. The second kappa shape index (κ2) is 6.72. The summed E-state index contributed by atoms with van der Waals surface area (Å²) in [7, 11) is 2.04. The van der Waals surface area contributed by atoms with Crippen molar-refractivity contribution in [3.63, 3.8) is 0 Å². The normalized spacial score (nSPS) is 18.6. The van der Waals surface area contributed by atoms with Crippen molar-refractivity contribution in [1.29, 1.82) is 0 Å². The average molecular weight is 282 g/mol. The van der Waals surface area contributed by atoms with E-state index in [9.17, 15) is 0 Å². The molecule has 0 fully saturated rings. The highest BCUT2D eigenvalue weighted by atomic mass is 16.5. The summed E-state index contributed by atoms with van der Waals surface area (Å²) >= 11 is 0. The van der Waals surface area contributed by atoms with E-state index >= 15 is 0 Å². The van der Waals surface area contributed by atoms with Gasteiger partial charge in [-0.05, 0) is 49.6 Å². The quantitative estimate of drug-likeness (QED) is 0.914. The molecule has 2 atom stereocenters. The molecule has 3 nitrogen and oxygen atoms in total. The molecule has 0 saturated heterocycles. The number of rotatable bonds is 5. The number of pyridine rings is 1. The van der Waals surface area contributed by atoms with Gasteiger partial charge in [-0.3, -0.25) is 4.98 Å². The maximum Gasteiger partial charge on any atom is 0.122 e. The Bertz CT molecular complexity index is 570. The maximum absolute atomic E-state index is 5.75. The van der Waals surface area contributed by atoms with Crippen molar-refractivity contribution in [2.45, 2.75) is 31.2 Å². The SMILES string of the molecule is CNC(Cc1ccccn1)CC1CCOc2ccccc21. The Labute approximate surface area is 126 Å². The van der Waals surface area contributed by atoms with Crippen LogP contribution >= 0.6 is 0 Å². The number of nitrogens with zero attached hydrogens (tertiary/aromatic N) is 1. The minimum absolute atomic E-state index is 0.441. The predicted molar refractivity (Wildman–Crippen MR) is 84.7 cm³/mol. The van der Waals surface area contributed by atoms with Gasteiger partial charge < -0.3 is 10.1 Å². The van der Waals surface area contributed by atoms with Crippen LogP contribution in [0.15, 0.2) is 48.7 Å². The van der Waals surface area contributed by atoms with Crippen molar-refractivity contribution in [1.82, 2.24) is 10.3 Å². The zero-order valence-electron chi connectivity index (χ0n) is 12.5. The Morgan fingerprint density at radius 2 is 2.10 bits per heavy atom. The monoisotopic (exact) mass is 282 g/mol. The van der Waals surface area contributed by atoms with Crippen LogP contribution in [0.2, 0.25) is 0 Å². The second-order valence-electron chi connectivity index (χ2n) is 5.62. The van der Waals surface area contributed by atoms with Crippen LogP contribution in [0.3, 0.4) is 0 Å². The summed E-state index contributed by atoms with van der Waals surface area (Å²) in [5.41, 5.74) is 2.50. The lowest BCUT2D eigenvalue weighted by atomic mass is 9.86. The van der Waals surface area contributed by atoms with Gasteiger partial charge in [0.2, 0.25) is 0 Å². The zero-order valence-corrected chi connectivity index (χ0v) is 12.5. The van der Waals surface area contributed by atoms with E-state index in [1.165, 1.54) is 5.56 Å². The molecule has 0 spiro atoms. The molecule has 2 heterocycles. The van der Waals surface area contributed by atoms with Gasteiger partial charge in [0.25, 0.3) is 0 Å². The molecule has 1 N–H and O–H groups in total. The smallest absolute Gasteiger partial charge is 0.122 e. The molecule has 3 heteroatoms. The zero-order chi connectivity index (χ0) is 14.5. The molecule has 1 aromatic carbocycles. The third-order valence-corrected chi connectivity index (χ3v) is 4.24. The van der Waals surface area contributed by atoms with E-state index in [1.807, 2.05) is 25.4 Å². The van der Waals surface area contributed by atoms with E-state index in [0.29, 0.717) is 12.0 Å². The van der Waals surface area contributed by atoms with Crippen LogP contribution in [0.5, 0.6) is 5.75 Å². The summed E-state index contributed by atoms with van der Waals surface area (Å²) in [6, 6.07) is 15.0. The first kappa shape index (κ1) is 14.1. The first-order valence-corrected chi connectivity index (χ1v) is 7.65. The number of nitrogens with one attached hydrogen (secondary N) is 1. The average Bonchev–Trinajstić information content (AvgIpc) is 2.55. The first-order chi connectivity index (χ1) is 10.4. The number of ether oxygens (including phenoxy) is 1. The fraction of sp³-hybridized carbons (Fsp3) is 0.389. The van der Waals surface area contributed by atoms with Gasteiger partial charge in [-0.2, -0.15) is 0 Å². The van der Waals surface area contributed by atoms with Gasteiger partial charge in [0.05, 0.1) is 6.61 Å². The molecule has 2 unspecified atom stereocenters. The Hall–Kier alpha value is -1.87. The number of para-hydroxylation sites is 1. The summed E-state index contributed by atoms with van der Waals surface area (Å²) in [6.07, 6.45) is 5.05. The standard InChI is InChI=1S/C18H22N2O/c1-19-16(13-15-6-4-5-10-20-15)12-14-9-11-21-18-8-3-2-7-17(14)18/h2-8,10,14,16,19H,9,11-13H2,1H3. The summed E-state index contributed by atoms with van der Waals surface area (Å²) < 4.78 is 5.75. The van der Waals surface area contributed by atoms with Gasteiger partial charge in [-0.1, -0.05) is 24.3 Å². The van der Waals surface area contributed by atoms with Crippen LogP contribution in [0.25, 0.3) is 0 Å². The van der Waals surface area contributed by atoms with Gasteiger partial charge in [-0.25, -0.2) is 0 Å². The molecule has 2 aromatic rings. The van der Waals surface area contributed by atoms with E-state index in [-0.39, 0.29) is 0 Å². The Morgan fingerprint density at radius 1 is 1.24 bits per heavy atom. The molecule has 0 radical (unpaired) electrons. The number of fused-ring (bicyclic) bond motifs is 1. The van der Waals surface area contributed by atoms with Crippen molar-refractivity contribution in [2.24, 2.45) is 0 Å². The highest BCUT2D eigenvalue weighted by Crippen LogP contribution is 2.36. The fourth-order valence-electron chi connectivity index (χ4n) is 3.08. The van der Waals surface area contributed by atoms with Gasteiger partial charge in [0, 0.05) is 24.4 Å².